The molecule has 0 bridgehead atoms. The number of aromatic nitrogens is 2. The summed E-state index contributed by atoms with van der Waals surface area (Å²) in [6, 6.07) is 12.1. The van der Waals surface area contributed by atoms with Crippen molar-refractivity contribution in [2.45, 2.75) is 25.3 Å². The molecule has 0 atom stereocenters. The largest absolute Gasteiger partial charge is 0.452 e. The Balaban J connectivity index is 1.75. The maximum Gasteiger partial charge on any atom is 0.341 e. The first-order valence-electron chi connectivity index (χ1n) is 9.21. The molecule has 0 radical (unpaired) electrons. The van der Waals surface area contributed by atoms with Crippen molar-refractivity contribution in [3.05, 3.63) is 65.8 Å². The van der Waals surface area contributed by atoms with E-state index in [4.69, 9.17) is 9.26 Å². The van der Waals surface area contributed by atoms with Crippen molar-refractivity contribution >= 4 is 16.0 Å². The fourth-order valence-electron chi connectivity index (χ4n) is 2.76. The van der Waals surface area contributed by atoms with E-state index in [1.807, 2.05) is 18.2 Å². The molecule has 0 fully saturated rings. The number of carbonyl (C=O) groups excluding carboxylic acids is 1. The fourth-order valence-corrected chi connectivity index (χ4v) is 4.24. The molecular weight excluding hydrogens is 413 g/mol. The van der Waals surface area contributed by atoms with Gasteiger partial charge in [0, 0.05) is 18.7 Å². The van der Waals surface area contributed by atoms with Gasteiger partial charge in [0.25, 0.3) is 5.89 Å². The summed E-state index contributed by atoms with van der Waals surface area (Å²) < 4.78 is 50.7. The maximum atomic E-state index is 14.2. The Bertz CT molecular complexity index is 1130. The van der Waals surface area contributed by atoms with Crippen LogP contribution in [-0.4, -0.2) is 41.9 Å². The van der Waals surface area contributed by atoms with Gasteiger partial charge in [-0.05, 0) is 18.2 Å². The first-order valence-corrected chi connectivity index (χ1v) is 10.7. The van der Waals surface area contributed by atoms with Gasteiger partial charge in [-0.15, -0.1) is 0 Å². The lowest BCUT2D eigenvalue weighted by atomic mass is 10.2. The predicted octanol–water partition coefficient (Wildman–Crippen LogP) is 3.26. The normalized spacial score (nSPS) is 11.6. The van der Waals surface area contributed by atoms with E-state index in [2.05, 4.69) is 10.1 Å². The number of halogens is 1. The van der Waals surface area contributed by atoms with E-state index in [0.717, 1.165) is 23.8 Å². The highest BCUT2D eigenvalue weighted by atomic mass is 32.2. The molecule has 0 aliphatic heterocycles. The number of esters is 1. The molecule has 1 aromatic heterocycles. The van der Waals surface area contributed by atoms with Crippen LogP contribution in [0.2, 0.25) is 0 Å². The second kappa shape index (κ2) is 9.14. The Morgan fingerprint density at radius 2 is 1.83 bits per heavy atom. The number of rotatable bonds is 8. The van der Waals surface area contributed by atoms with Crippen LogP contribution in [0.1, 0.15) is 30.1 Å². The Morgan fingerprint density at radius 1 is 1.13 bits per heavy atom. The van der Waals surface area contributed by atoms with Gasteiger partial charge in [0.15, 0.2) is 6.61 Å². The molecule has 158 valence electrons. The summed E-state index contributed by atoms with van der Waals surface area (Å²) in [7, 11) is -3.85. The number of carbonyl (C=O) groups is 1. The zero-order valence-electron chi connectivity index (χ0n) is 16.4. The lowest BCUT2D eigenvalue weighted by molar-refractivity contribution is 0.0424. The number of hydrogen-bond donors (Lipinski definition) is 0. The van der Waals surface area contributed by atoms with Crippen molar-refractivity contribution in [1.29, 1.82) is 0 Å². The molecule has 0 amide bonds. The topological polar surface area (TPSA) is 103 Å². The van der Waals surface area contributed by atoms with Crippen LogP contribution in [0.4, 0.5) is 4.39 Å². The lowest BCUT2D eigenvalue weighted by Gasteiger charge is -2.18. The van der Waals surface area contributed by atoms with Gasteiger partial charge < -0.3 is 9.26 Å². The first-order chi connectivity index (χ1) is 14.4. The molecule has 1 heterocycles. The van der Waals surface area contributed by atoms with Gasteiger partial charge in [0.2, 0.25) is 15.8 Å². The van der Waals surface area contributed by atoms with Crippen LogP contribution in [-0.2, 0) is 21.4 Å². The van der Waals surface area contributed by atoms with Crippen molar-refractivity contribution in [3.8, 4) is 11.4 Å². The van der Waals surface area contributed by atoms with Gasteiger partial charge in [0.05, 0.1) is 10.5 Å². The molecule has 0 N–H and O–H groups in total. The van der Waals surface area contributed by atoms with Gasteiger partial charge in [-0.2, -0.15) is 9.29 Å². The van der Waals surface area contributed by atoms with Gasteiger partial charge in [-0.25, -0.2) is 17.6 Å². The maximum absolute atomic E-state index is 14.2. The summed E-state index contributed by atoms with van der Waals surface area (Å²) in [5, 5.41) is 3.80. The smallest absolute Gasteiger partial charge is 0.341 e. The zero-order chi connectivity index (χ0) is 21.7. The number of hydrogen-bond acceptors (Lipinski definition) is 7. The predicted molar refractivity (Wildman–Crippen MR) is 105 cm³/mol. The highest BCUT2D eigenvalue weighted by molar-refractivity contribution is 7.89. The van der Waals surface area contributed by atoms with Crippen LogP contribution in [0.15, 0.2) is 57.9 Å². The fraction of sp³-hybridized carbons (Fsp3) is 0.250. The summed E-state index contributed by atoms with van der Waals surface area (Å²) in [4.78, 5) is 16.3. The molecule has 3 rings (SSSR count). The molecule has 30 heavy (non-hydrogen) atoms. The minimum Gasteiger partial charge on any atom is -0.452 e. The Morgan fingerprint density at radius 3 is 2.50 bits per heavy atom. The van der Waals surface area contributed by atoms with Crippen LogP contribution in [0, 0.1) is 5.82 Å². The second-order valence-electron chi connectivity index (χ2n) is 6.18. The third-order valence-corrected chi connectivity index (χ3v) is 6.37. The lowest BCUT2D eigenvalue weighted by Crippen LogP contribution is -2.30. The van der Waals surface area contributed by atoms with Crippen molar-refractivity contribution in [2.75, 3.05) is 13.1 Å². The number of nitrogens with zero attached hydrogens (tertiary/aromatic N) is 3. The molecule has 10 heteroatoms. The number of benzene rings is 2. The van der Waals surface area contributed by atoms with Gasteiger partial charge >= 0.3 is 5.97 Å². The van der Waals surface area contributed by atoms with E-state index >= 15 is 0 Å². The Hall–Kier alpha value is -3.11. The first kappa shape index (κ1) is 21.6. The molecule has 0 aliphatic carbocycles. The van der Waals surface area contributed by atoms with Crippen LogP contribution >= 0.6 is 0 Å². The molecule has 0 spiro atoms. The average molecular weight is 433 g/mol. The molecule has 0 saturated carbocycles. The molecule has 0 saturated heterocycles. The molecular formula is C20H20FN3O5S. The van der Waals surface area contributed by atoms with E-state index in [1.54, 1.807) is 26.0 Å². The highest BCUT2D eigenvalue weighted by Gasteiger charge is 2.25. The van der Waals surface area contributed by atoms with Crippen LogP contribution in [0.25, 0.3) is 11.4 Å². The Kier molecular flexibility index (Phi) is 6.58. The highest BCUT2D eigenvalue weighted by Crippen LogP contribution is 2.21. The summed E-state index contributed by atoms with van der Waals surface area (Å²) in [5.41, 5.74) is 0.227. The summed E-state index contributed by atoms with van der Waals surface area (Å²) >= 11 is 0. The van der Waals surface area contributed by atoms with E-state index in [9.17, 15) is 17.6 Å². The van der Waals surface area contributed by atoms with Crippen molar-refractivity contribution in [1.82, 2.24) is 14.4 Å². The monoisotopic (exact) mass is 433 g/mol. The quantitative estimate of drug-likeness (QED) is 0.502. The van der Waals surface area contributed by atoms with E-state index < -0.39 is 27.4 Å². The van der Waals surface area contributed by atoms with E-state index in [-0.39, 0.29) is 30.5 Å². The number of sulfonamides is 1. The van der Waals surface area contributed by atoms with Gasteiger partial charge in [0.1, 0.15) is 5.82 Å². The third-order valence-electron chi connectivity index (χ3n) is 4.33. The summed E-state index contributed by atoms with van der Waals surface area (Å²) in [6.07, 6.45) is 0. The molecule has 2 aromatic carbocycles. The zero-order valence-corrected chi connectivity index (χ0v) is 17.2. The third kappa shape index (κ3) is 4.55. The van der Waals surface area contributed by atoms with Crippen molar-refractivity contribution < 1.29 is 26.9 Å². The van der Waals surface area contributed by atoms with Crippen LogP contribution in [0.5, 0.6) is 0 Å². The van der Waals surface area contributed by atoms with Crippen LogP contribution < -0.4 is 0 Å². The molecule has 0 unspecified atom stereocenters. The summed E-state index contributed by atoms with van der Waals surface area (Å²) in [6.45, 7) is 3.49. The van der Waals surface area contributed by atoms with Crippen molar-refractivity contribution in [3.63, 3.8) is 0 Å². The minimum atomic E-state index is -3.85. The average Bonchev–Trinajstić information content (AvgIpc) is 3.22. The van der Waals surface area contributed by atoms with Gasteiger partial charge in [-0.3, -0.25) is 0 Å². The number of ether oxygens (including phenoxy) is 1. The molecule has 3 aromatic rings. The second-order valence-corrected chi connectivity index (χ2v) is 8.12. The summed E-state index contributed by atoms with van der Waals surface area (Å²) in [5.74, 6) is -1.59. The van der Waals surface area contributed by atoms with E-state index in [1.165, 1.54) is 4.31 Å². The van der Waals surface area contributed by atoms with Crippen molar-refractivity contribution in [2.24, 2.45) is 0 Å². The molecule has 8 nitrogen and oxygen atoms in total. The minimum absolute atomic E-state index is 0.0227. The molecule has 0 aliphatic rings. The van der Waals surface area contributed by atoms with Crippen LogP contribution in [0.3, 0.4) is 0 Å². The van der Waals surface area contributed by atoms with E-state index in [0.29, 0.717) is 5.82 Å². The standard InChI is InChI=1S/C20H20FN3O5S/c1-3-24(4-2)30(26,27)15-10-11-17(21)16(12-15)20(25)28-13-18-22-19(23-29-18)14-8-6-5-7-9-14/h5-12H,3-4,13H2,1-2H3. The Labute approximate surface area is 173 Å². The van der Waals surface area contributed by atoms with Gasteiger partial charge in [-0.1, -0.05) is 49.3 Å². The SMILES string of the molecule is CCN(CC)S(=O)(=O)c1ccc(F)c(C(=O)OCc2nc(-c3ccccc3)no2)c1.